The van der Waals surface area contributed by atoms with Crippen LogP contribution in [0, 0.1) is 11.3 Å². The summed E-state index contributed by atoms with van der Waals surface area (Å²) in [5.74, 6) is 0.830. The first kappa shape index (κ1) is 20.6. The highest BCUT2D eigenvalue weighted by molar-refractivity contribution is 5.84. The second kappa shape index (κ2) is 7.79. The van der Waals surface area contributed by atoms with Gasteiger partial charge in [-0.25, -0.2) is 0 Å². The lowest BCUT2D eigenvalue weighted by atomic mass is 10.0. The highest BCUT2D eigenvalue weighted by Gasteiger charge is 2.42. The van der Waals surface area contributed by atoms with Crippen LogP contribution in [0.4, 0.5) is 0 Å². The lowest BCUT2D eigenvalue weighted by Gasteiger charge is -2.40. The van der Waals surface area contributed by atoms with Crippen molar-refractivity contribution in [1.82, 2.24) is 19.6 Å². The van der Waals surface area contributed by atoms with Gasteiger partial charge >= 0.3 is 0 Å². The minimum Gasteiger partial charge on any atom is -0.371 e. The number of hydrogen-bond acceptors (Lipinski definition) is 3. The molecule has 0 atom stereocenters. The van der Waals surface area contributed by atoms with Gasteiger partial charge in [-0.05, 0) is 60.4 Å². The van der Waals surface area contributed by atoms with E-state index in [-0.39, 0.29) is 0 Å². The van der Waals surface area contributed by atoms with Crippen molar-refractivity contribution in [3.8, 4) is 11.1 Å². The summed E-state index contributed by atoms with van der Waals surface area (Å²) >= 11 is 0. The maximum absolute atomic E-state index is 4.62. The van der Waals surface area contributed by atoms with E-state index in [4.69, 9.17) is 0 Å². The Hall–Kier alpha value is -3.01. The van der Waals surface area contributed by atoms with E-state index in [1.807, 2.05) is 6.20 Å². The Balaban J connectivity index is 1.12. The van der Waals surface area contributed by atoms with E-state index < -0.39 is 0 Å². The molecule has 0 bridgehead atoms. The Kier molecular flexibility index (Phi) is 4.86. The molecule has 0 amide bonds. The van der Waals surface area contributed by atoms with Gasteiger partial charge in [0.25, 0.3) is 0 Å². The van der Waals surface area contributed by atoms with Crippen LogP contribution >= 0.6 is 0 Å². The molecular formula is C29H34N4. The summed E-state index contributed by atoms with van der Waals surface area (Å²) in [5, 5.41) is 5.85. The van der Waals surface area contributed by atoms with Crippen LogP contribution in [0.2, 0.25) is 0 Å². The molecule has 170 valence electrons. The third kappa shape index (κ3) is 3.96. The molecule has 0 spiro atoms. The molecule has 1 aliphatic heterocycles. The number of benzene rings is 2. The van der Waals surface area contributed by atoms with E-state index in [0.29, 0.717) is 5.41 Å². The average Bonchev–Trinajstić information content (AvgIpc) is 3.78. The van der Waals surface area contributed by atoms with E-state index in [9.17, 15) is 0 Å². The molecule has 4 nitrogen and oxygen atoms in total. The van der Waals surface area contributed by atoms with E-state index in [1.165, 1.54) is 59.0 Å². The molecule has 2 heterocycles. The van der Waals surface area contributed by atoms with Crippen molar-refractivity contribution in [2.75, 3.05) is 26.2 Å². The molecule has 1 aromatic heterocycles. The van der Waals surface area contributed by atoms with E-state index >= 15 is 0 Å². The van der Waals surface area contributed by atoms with Crippen LogP contribution in [0.3, 0.4) is 0 Å². The first-order chi connectivity index (χ1) is 16.0. The lowest BCUT2D eigenvalue weighted by molar-refractivity contribution is 0.196. The maximum atomic E-state index is 4.62. The molecule has 2 aliphatic carbocycles. The van der Waals surface area contributed by atoms with Crippen LogP contribution in [0.1, 0.15) is 38.2 Å². The smallest absolute Gasteiger partial charge is 0.0682 e. The standard InChI is InChI=1S/C29H34N4/c1-21(31-14-16-32(17-15-31)22(2)29(3)12-13-29)24-6-8-25(9-7-24)26-10-11-28-27(18-26)19-30-33(28)20-23-4-5-23/h6-11,18-19,23H,1-2,4-5,12-17,20H2,3H3. The summed E-state index contributed by atoms with van der Waals surface area (Å²) < 4.78 is 2.17. The predicted octanol–water partition coefficient (Wildman–Crippen LogP) is 6.02. The van der Waals surface area contributed by atoms with Crippen molar-refractivity contribution >= 4 is 16.6 Å². The third-order valence-corrected chi connectivity index (χ3v) is 8.06. The van der Waals surface area contributed by atoms with Gasteiger partial charge in [0.2, 0.25) is 0 Å². The molecule has 0 N–H and O–H groups in total. The number of hydrogen-bond donors (Lipinski definition) is 0. The molecule has 1 saturated heterocycles. The molecule has 2 aromatic carbocycles. The van der Waals surface area contributed by atoms with Gasteiger partial charge in [0.1, 0.15) is 0 Å². The Bertz CT molecular complexity index is 1200. The summed E-state index contributed by atoms with van der Waals surface area (Å²) in [5.41, 5.74) is 7.77. The fraction of sp³-hybridized carbons (Fsp3) is 0.414. The molecular weight excluding hydrogens is 404 g/mol. The SMILES string of the molecule is C=C(c1ccc(-c2ccc3c(cnn3CC3CC3)c2)cc1)N1CCN(C(=C)C2(C)CC2)CC1. The van der Waals surface area contributed by atoms with Crippen LogP contribution in [-0.2, 0) is 6.54 Å². The summed E-state index contributed by atoms with van der Waals surface area (Å²) in [6.07, 6.45) is 7.29. The summed E-state index contributed by atoms with van der Waals surface area (Å²) in [7, 11) is 0. The van der Waals surface area contributed by atoms with Crippen molar-refractivity contribution in [1.29, 1.82) is 0 Å². The Labute approximate surface area is 197 Å². The summed E-state index contributed by atoms with van der Waals surface area (Å²) in [4.78, 5) is 4.91. The molecule has 3 aliphatic rings. The Morgan fingerprint density at radius 2 is 1.61 bits per heavy atom. The van der Waals surface area contributed by atoms with Gasteiger partial charge in [-0.15, -0.1) is 0 Å². The quantitative estimate of drug-likeness (QED) is 0.451. The second-order valence-electron chi connectivity index (χ2n) is 10.5. The largest absolute Gasteiger partial charge is 0.371 e. The molecule has 4 heteroatoms. The monoisotopic (exact) mass is 438 g/mol. The number of rotatable bonds is 7. The Morgan fingerprint density at radius 1 is 0.939 bits per heavy atom. The van der Waals surface area contributed by atoms with Crippen LogP contribution < -0.4 is 0 Å². The molecule has 3 fully saturated rings. The van der Waals surface area contributed by atoms with Gasteiger partial charge in [0.05, 0.1) is 11.7 Å². The van der Waals surface area contributed by atoms with Crippen molar-refractivity contribution in [2.45, 2.75) is 39.2 Å². The normalized spacial score (nSPS) is 19.7. The Morgan fingerprint density at radius 3 is 2.27 bits per heavy atom. The van der Waals surface area contributed by atoms with E-state index in [1.54, 1.807) is 0 Å². The molecule has 0 radical (unpaired) electrons. The van der Waals surface area contributed by atoms with Gasteiger partial charge in [0, 0.05) is 54.9 Å². The lowest BCUT2D eigenvalue weighted by Crippen LogP contribution is -2.45. The van der Waals surface area contributed by atoms with E-state index in [2.05, 4.69) is 82.1 Å². The highest BCUT2D eigenvalue weighted by Crippen LogP contribution is 2.51. The summed E-state index contributed by atoms with van der Waals surface area (Å²) in [6, 6.07) is 15.6. The number of aromatic nitrogens is 2. The number of piperazine rings is 1. The minimum absolute atomic E-state index is 0.369. The van der Waals surface area contributed by atoms with E-state index in [0.717, 1.165) is 44.3 Å². The van der Waals surface area contributed by atoms with Crippen molar-refractivity contribution < 1.29 is 0 Å². The van der Waals surface area contributed by atoms with Crippen molar-refractivity contribution in [3.05, 3.63) is 73.1 Å². The summed E-state index contributed by atoms with van der Waals surface area (Å²) in [6.45, 7) is 16.3. The topological polar surface area (TPSA) is 24.3 Å². The third-order valence-electron chi connectivity index (χ3n) is 8.06. The molecule has 33 heavy (non-hydrogen) atoms. The van der Waals surface area contributed by atoms with Crippen molar-refractivity contribution in [2.24, 2.45) is 11.3 Å². The van der Waals surface area contributed by atoms with Crippen molar-refractivity contribution in [3.63, 3.8) is 0 Å². The van der Waals surface area contributed by atoms with Gasteiger partial charge in [-0.2, -0.15) is 5.10 Å². The second-order valence-corrected chi connectivity index (χ2v) is 10.5. The van der Waals surface area contributed by atoms with Crippen LogP contribution in [0.5, 0.6) is 0 Å². The number of nitrogens with zero attached hydrogens (tertiary/aromatic N) is 4. The van der Waals surface area contributed by atoms with Gasteiger partial charge in [0.15, 0.2) is 0 Å². The van der Waals surface area contributed by atoms with Crippen LogP contribution in [-0.4, -0.2) is 45.8 Å². The van der Waals surface area contributed by atoms with Gasteiger partial charge < -0.3 is 9.80 Å². The fourth-order valence-electron chi connectivity index (χ4n) is 5.10. The maximum Gasteiger partial charge on any atom is 0.0682 e. The number of allylic oxidation sites excluding steroid dienone is 1. The predicted molar refractivity (Wildman–Crippen MR) is 137 cm³/mol. The average molecular weight is 439 g/mol. The molecule has 3 aromatic rings. The molecule has 2 saturated carbocycles. The highest BCUT2D eigenvalue weighted by atomic mass is 15.3. The zero-order chi connectivity index (χ0) is 22.6. The number of fused-ring (bicyclic) bond motifs is 1. The van der Waals surface area contributed by atoms with Gasteiger partial charge in [-0.3, -0.25) is 4.68 Å². The fourth-order valence-corrected chi connectivity index (χ4v) is 5.10. The minimum atomic E-state index is 0.369. The molecule has 0 unspecified atom stereocenters. The first-order valence-corrected chi connectivity index (χ1v) is 12.4. The zero-order valence-electron chi connectivity index (χ0n) is 19.8. The van der Waals surface area contributed by atoms with Crippen LogP contribution in [0.15, 0.2) is 67.5 Å². The van der Waals surface area contributed by atoms with Crippen LogP contribution in [0.25, 0.3) is 27.7 Å². The first-order valence-electron chi connectivity index (χ1n) is 12.4. The van der Waals surface area contributed by atoms with Gasteiger partial charge in [-0.1, -0.05) is 50.4 Å². The molecule has 6 rings (SSSR count). The zero-order valence-corrected chi connectivity index (χ0v) is 19.8.